The van der Waals surface area contributed by atoms with Crippen LogP contribution in [0.25, 0.3) is 11.7 Å². The lowest BCUT2D eigenvalue weighted by Gasteiger charge is -2.32. The summed E-state index contributed by atoms with van der Waals surface area (Å²) in [5.41, 5.74) is 2.57. The van der Waals surface area contributed by atoms with Crippen LogP contribution in [0.15, 0.2) is 63.1 Å². The lowest BCUT2D eigenvalue weighted by molar-refractivity contribution is -0.116. The summed E-state index contributed by atoms with van der Waals surface area (Å²) in [4.78, 5) is 32.5. The second-order valence-electron chi connectivity index (χ2n) is 8.50. The molecule has 8 heteroatoms. The van der Waals surface area contributed by atoms with Crippen molar-refractivity contribution in [3.63, 3.8) is 0 Å². The van der Waals surface area contributed by atoms with Crippen molar-refractivity contribution >= 4 is 51.2 Å². The Morgan fingerprint density at radius 1 is 1.15 bits per heavy atom. The fourth-order valence-corrected chi connectivity index (χ4v) is 5.91. The maximum Gasteiger partial charge on any atom is 0.258 e. The Bertz CT molecular complexity index is 1230. The minimum absolute atomic E-state index is 0.0288. The standard InChI is InChI=1S/C25H25BrN4O2S/c26-19-6-1-5-18(14-19)25(32)29-12-9-17(10-13-29)4-3-11-27-24(31)21-15-20-16-28-22-7-2-8-23(33-21)30(20)22/h1-2,5-8,14-17H,3-4,9-13H2,(H,27,31). The molecule has 0 unspecified atom stereocenters. The molecular weight excluding hydrogens is 500 g/mol. The topological polar surface area (TPSA) is 66.7 Å². The van der Waals surface area contributed by atoms with E-state index in [2.05, 4.69) is 30.6 Å². The second-order valence-corrected chi connectivity index (χ2v) is 10.5. The molecule has 0 atom stereocenters. The van der Waals surface area contributed by atoms with Crippen LogP contribution in [0.1, 0.15) is 41.7 Å². The van der Waals surface area contributed by atoms with E-state index >= 15 is 0 Å². The van der Waals surface area contributed by atoms with E-state index in [1.165, 1.54) is 11.8 Å². The van der Waals surface area contributed by atoms with E-state index in [4.69, 9.17) is 0 Å². The molecule has 33 heavy (non-hydrogen) atoms. The van der Waals surface area contributed by atoms with E-state index in [1.807, 2.05) is 53.4 Å². The number of nitrogens with one attached hydrogen (secondary N) is 1. The SMILES string of the molecule is O=C(NCCCC1CCN(C(=O)c2cccc(Br)c2)CC1)C1=Cc2cnc3cccc(n23)S1. The van der Waals surface area contributed by atoms with Gasteiger partial charge in [0, 0.05) is 29.7 Å². The Kier molecular flexibility index (Phi) is 6.55. The molecule has 2 aromatic heterocycles. The average molecular weight is 525 g/mol. The third kappa shape index (κ3) is 4.87. The van der Waals surface area contributed by atoms with Gasteiger partial charge < -0.3 is 10.2 Å². The van der Waals surface area contributed by atoms with E-state index in [0.717, 1.165) is 65.2 Å². The van der Waals surface area contributed by atoms with Crippen LogP contribution in [-0.2, 0) is 4.79 Å². The summed E-state index contributed by atoms with van der Waals surface area (Å²) in [6.45, 7) is 2.26. The summed E-state index contributed by atoms with van der Waals surface area (Å²) in [6, 6.07) is 13.5. The van der Waals surface area contributed by atoms with Gasteiger partial charge in [0.1, 0.15) is 5.65 Å². The van der Waals surface area contributed by atoms with Gasteiger partial charge in [-0.25, -0.2) is 4.98 Å². The molecular formula is C25H25BrN4O2S. The van der Waals surface area contributed by atoms with Crippen LogP contribution >= 0.6 is 27.7 Å². The second kappa shape index (κ2) is 9.73. The molecule has 0 bridgehead atoms. The smallest absolute Gasteiger partial charge is 0.258 e. The van der Waals surface area contributed by atoms with Crippen LogP contribution < -0.4 is 5.32 Å². The molecule has 2 amide bonds. The molecule has 3 aromatic rings. The van der Waals surface area contributed by atoms with Crippen molar-refractivity contribution in [2.75, 3.05) is 19.6 Å². The zero-order chi connectivity index (χ0) is 22.8. The number of benzene rings is 1. The Morgan fingerprint density at radius 2 is 1.97 bits per heavy atom. The number of likely N-dealkylation sites (tertiary alicyclic amines) is 1. The highest BCUT2D eigenvalue weighted by Crippen LogP contribution is 2.34. The molecule has 6 nitrogen and oxygen atoms in total. The van der Waals surface area contributed by atoms with Gasteiger partial charge in [-0.2, -0.15) is 0 Å². The normalized spacial score (nSPS) is 16.0. The number of nitrogens with zero attached hydrogens (tertiary/aromatic N) is 3. The molecule has 170 valence electrons. The highest BCUT2D eigenvalue weighted by Gasteiger charge is 2.24. The van der Waals surface area contributed by atoms with Crippen LogP contribution in [0.2, 0.25) is 0 Å². The lowest BCUT2D eigenvalue weighted by atomic mass is 9.92. The molecule has 5 rings (SSSR count). The average Bonchev–Trinajstić information content (AvgIpc) is 3.26. The number of carbonyl (C=O) groups is 2. The van der Waals surface area contributed by atoms with Crippen molar-refractivity contribution in [2.24, 2.45) is 5.92 Å². The first kappa shape index (κ1) is 22.2. The van der Waals surface area contributed by atoms with Gasteiger partial charge in [-0.15, -0.1) is 0 Å². The molecule has 1 N–H and O–H groups in total. The van der Waals surface area contributed by atoms with Gasteiger partial charge in [0.05, 0.1) is 21.8 Å². The molecule has 1 aromatic carbocycles. The Morgan fingerprint density at radius 3 is 2.79 bits per heavy atom. The first-order valence-electron chi connectivity index (χ1n) is 11.3. The van der Waals surface area contributed by atoms with Crippen molar-refractivity contribution in [3.8, 4) is 0 Å². The molecule has 0 spiro atoms. The number of piperidine rings is 1. The fourth-order valence-electron chi connectivity index (χ4n) is 4.51. The minimum atomic E-state index is -0.0288. The number of amides is 2. The van der Waals surface area contributed by atoms with Crippen molar-refractivity contribution in [3.05, 3.63) is 69.3 Å². The van der Waals surface area contributed by atoms with Crippen LogP contribution in [0.4, 0.5) is 0 Å². The zero-order valence-corrected chi connectivity index (χ0v) is 20.6. The number of rotatable bonds is 6. The van der Waals surface area contributed by atoms with Gasteiger partial charge in [-0.05, 0) is 68.0 Å². The van der Waals surface area contributed by atoms with Crippen molar-refractivity contribution in [1.29, 1.82) is 0 Å². The number of hydrogen-bond acceptors (Lipinski definition) is 4. The van der Waals surface area contributed by atoms with Gasteiger partial charge in [0.15, 0.2) is 0 Å². The van der Waals surface area contributed by atoms with E-state index < -0.39 is 0 Å². The highest BCUT2D eigenvalue weighted by molar-refractivity contribution is 9.10. The van der Waals surface area contributed by atoms with Crippen LogP contribution in [0.3, 0.4) is 0 Å². The minimum Gasteiger partial charge on any atom is -0.352 e. The number of hydrogen-bond donors (Lipinski definition) is 1. The summed E-state index contributed by atoms with van der Waals surface area (Å²) in [6.07, 6.45) is 7.76. The molecule has 1 fully saturated rings. The monoisotopic (exact) mass is 524 g/mol. The molecule has 0 radical (unpaired) electrons. The third-order valence-electron chi connectivity index (χ3n) is 6.29. The molecule has 0 aliphatic carbocycles. The first-order valence-corrected chi connectivity index (χ1v) is 12.9. The van der Waals surface area contributed by atoms with E-state index in [9.17, 15) is 9.59 Å². The zero-order valence-electron chi connectivity index (χ0n) is 18.2. The summed E-state index contributed by atoms with van der Waals surface area (Å²) < 4.78 is 2.99. The van der Waals surface area contributed by atoms with Crippen molar-refractivity contribution in [1.82, 2.24) is 19.6 Å². The summed E-state index contributed by atoms with van der Waals surface area (Å²) in [5.74, 6) is 0.680. The van der Waals surface area contributed by atoms with E-state index in [-0.39, 0.29) is 11.8 Å². The van der Waals surface area contributed by atoms with Gasteiger partial charge in [0.25, 0.3) is 11.8 Å². The number of aromatic nitrogens is 2. The predicted molar refractivity (Wildman–Crippen MR) is 134 cm³/mol. The highest BCUT2D eigenvalue weighted by atomic mass is 79.9. The van der Waals surface area contributed by atoms with Crippen molar-refractivity contribution in [2.45, 2.75) is 30.7 Å². The fraction of sp³-hybridized carbons (Fsp3) is 0.320. The number of pyridine rings is 1. The maximum atomic E-state index is 12.7. The quantitative estimate of drug-likeness (QED) is 0.461. The Labute approximate surface area is 205 Å². The summed E-state index contributed by atoms with van der Waals surface area (Å²) >= 11 is 4.92. The van der Waals surface area contributed by atoms with Gasteiger partial charge in [0.2, 0.25) is 0 Å². The van der Waals surface area contributed by atoms with Gasteiger partial charge in [-0.1, -0.05) is 39.8 Å². The summed E-state index contributed by atoms with van der Waals surface area (Å²) in [5, 5.41) is 4.09. The number of carbonyl (C=O) groups excluding carboxylic acids is 2. The van der Waals surface area contributed by atoms with Crippen LogP contribution in [0.5, 0.6) is 0 Å². The molecule has 0 saturated carbocycles. The predicted octanol–water partition coefficient (Wildman–Crippen LogP) is 4.99. The first-order chi connectivity index (χ1) is 16.1. The van der Waals surface area contributed by atoms with Crippen LogP contribution in [-0.4, -0.2) is 45.7 Å². The van der Waals surface area contributed by atoms with Crippen LogP contribution in [0, 0.1) is 5.92 Å². The van der Waals surface area contributed by atoms with Gasteiger partial charge in [-0.3, -0.25) is 14.0 Å². The van der Waals surface area contributed by atoms with Gasteiger partial charge >= 0.3 is 0 Å². The van der Waals surface area contributed by atoms with Crippen molar-refractivity contribution < 1.29 is 9.59 Å². The molecule has 1 saturated heterocycles. The number of imidazole rings is 1. The maximum absolute atomic E-state index is 12.7. The molecule has 2 aliphatic rings. The number of thioether (sulfide) groups is 1. The molecule has 2 aliphatic heterocycles. The van der Waals surface area contributed by atoms with E-state index in [0.29, 0.717) is 17.4 Å². The van der Waals surface area contributed by atoms with E-state index in [1.54, 1.807) is 6.20 Å². The number of halogens is 1. The lowest BCUT2D eigenvalue weighted by Crippen LogP contribution is -2.38. The Hall–Kier alpha value is -2.58. The summed E-state index contributed by atoms with van der Waals surface area (Å²) in [7, 11) is 0. The molecule has 4 heterocycles. The third-order valence-corrected chi connectivity index (χ3v) is 7.83. The largest absolute Gasteiger partial charge is 0.352 e. The Balaban J connectivity index is 1.06.